The molecular formula is C11H18N2O2. The van der Waals surface area contributed by atoms with Crippen LogP contribution in [0.5, 0.6) is 0 Å². The minimum absolute atomic E-state index is 0.163. The molecule has 0 heterocycles. The molecule has 15 heavy (non-hydrogen) atoms. The van der Waals surface area contributed by atoms with E-state index in [-0.39, 0.29) is 6.54 Å². The molecule has 0 saturated carbocycles. The summed E-state index contributed by atoms with van der Waals surface area (Å²) < 4.78 is 5.36. The number of benzene rings is 1. The van der Waals surface area contributed by atoms with Crippen molar-refractivity contribution < 1.29 is 9.84 Å². The van der Waals surface area contributed by atoms with Crippen LogP contribution in [0, 0.1) is 0 Å². The van der Waals surface area contributed by atoms with Gasteiger partial charge in [-0.1, -0.05) is 30.3 Å². The van der Waals surface area contributed by atoms with E-state index < -0.39 is 12.1 Å². The molecule has 0 spiro atoms. The number of ether oxygens (including phenoxy) is 1. The van der Waals surface area contributed by atoms with Crippen molar-refractivity contribution in [3.63, 3.8) is 0 Å². The molecule has 0 amide bonds. The number of hydrogen-bond acceptors (Lipinski definition) is 4. The van der Waals surface area contributed by atoms with Crippen LogP contribution in [-0.2, 0) is 11.3 Å². The van der Waals surface area contributed by atoms with Crippen LogP contribution in [0.15, 0.2) is 30.3 Å². The van der Waals surface area contributed by atoms with Crippen LogP contribution in [-0.4, -0.2) is 30.4 Å². The topological polar surface area (TPSA) is 81.5 Å². The quantitative estimate of drug-likeness (QED) is 0.610. The van der Waals surface area contributed by atoms with Crippen LogP contribution in [0.3, 0.4) is 0 Å². The summed E-state index contributed by atoms with van der Waals surface area (Å²) in [6.45, 7) is 0.981. The van der Waals surface area contributed by atoms with E-state index in [0.29, 0.717) is 13.2 Å². The fraction of sp³-hybridized carbons (Fsp3) is 0.455. The first-order chi connectivity index (χ1) is 7.24. The van der Waals surface area contributed by atoms with E-state index in [9.17, 15) is 5.11 Å². The van der Waals surface area contributed by atoms with E-state index in [2.05, 4.69) is 0 Å². The van der Waals surface area contributed by atoms with Gasteiger partial charge in [-0.3, -0.25) is 0 Å². The standard InChI is InChI=1S/C11H18N2O2/c12-6-11(14)10(13)8-15-7-9-4-2-1-3-5-9/h1-5,10-11,14H,6-8,12-13H2/t10-,11+/m1/s1. The van der Waals surface area contributed by atoms with Crippen molar-refractivity contribution in [3.05, 3.63) is 35.9 Å². The first-order valence-electron chi connectivity index (χ1n) is 4.99. The third-order valence-corrected chi connectivity index (χ3v) is 2.16. The summed E-state index contributed by atoms with van der Waals surface area (Å²) in [7, 11) is 0. The third kappa shape index (κ3) is 4.40. The highest BCUT2D eigenvalue weighted by atomic mass is 16.5. The summed E-state index contributed by atoms with van der Waals surface area (Å²) in [6.07, 6.45) is -0.694. The lowest BCUT2D eigenvalue weighted by molar-refractivity contribution is 0.0584. The van der Waals surface area contributed by atoms with E-state index in [4.69, 9.17) is 16.2 Å². The van der Waals surface area contributed by atoms with Gasteiger partial charge in [0.2, 0.25) is 0 Å². The Bertz CT molecular complexity index is 267. The molecule has 0 aliphatic rings. The van der Waals surface area contributed by atoms with Gasteiger partial charge in [0, 0.05) is 6.54 Å². The number of hydrogen-bond donors (Lipinski definition) is 3. The van der Waals surface area contributed by atoms with Gasteiger partial charge in [-0.25, -0.2) is 0 Å². The maximum Gasteiger partial charge on any atom is 0.0835 e. The highest BCUT2D eigenvalue weighted by Gasteiger charge is 2.12. The van der Waals surface area contributed by atoms with Crippen molar-refractivity contribution in [3.8, 4) is 0 Å². The Labute approximate surface area is 89.8 Å². The van der Waals surface area contributed by atoms with Crippen molar-refractivity contribution in [2.75, 3.05) is 13.2 Å². The van der Waals surface area contributed by atoms with E-state index in [0.717, 1.165) is 5.56 Å². The van der Waals surface area contributed by atoms with Crippen LogP contribution >= 0.6 is 0 Å². The van der Waals surface area contributed by atoms with Crippen molar-refractivity contribution in [1.29, 1.82) is 0 Å². The normalized spacial score (nSPS) is 14.9. The predicted octanol–water partition coefficient (Wildman–Crippen LogP) is -0.150. The molecule has 0 bridgehead atoms. The number of aliphatic hydroxyl groups excluding tert-OH is 1. The lowest BCUT2D eigenvalue weighted by atomic mass is 10.2. The Morgan fingerprint density at radius 3 is 2.53 bits per heavy atom. The van der Waals surface area contributed by atoms with Gasteiger partial charge in [0.25, 0.3) is 0 Å². The van der Waals surface area contributed by atoms with Crippen molar-refractivity contribution in [2.24, 2.45) is 11.5 Å². The summed E-state index contributed by atoms with van der Waals surface area (Å²) in [6, 6.07) is 9.39. The van der Waals surface area contributed by atoms with Crippen molar-refractivity contribution in [2.45, 2.75) is 18.8 Å². The lowest BCUT2D eigenvalue weighted by Gasteiger charge is -2.16. The molecule has 0 fully saturated rings. The average Bonchev–Trinajstić information content (AvgIpc) is 2.29. The monoisotopic (exact) mass is 210 g/mol. The zero-order chi connectivity index (χ0) is 11.1. The van der Waals surface area contributed by atoms with Gasteiger partial charge in [0.1, 0.15) is 0 Å². The molecule has 4 heteroatoms. The zero-order valence-electron chi connectivity index (χ0n) is 8.67. The first-order valence-corrected chi connectivity index (χ1v) is 4.99. The van der Waals surface area contributed by atoms with Gasteiger partial charge < -0.3 is 21.3 Å². The smallest absolute Gasteiger partial charge is 0.0835 e. The first kappa shape index (κ1) is 12.1. The van der Waals surface area contributed by atoms with Gasteiger partial charge in [-0.05, 0) is 5.56 Å². The summed E-state index contributed by atoms with van der Waals surface area (Å²) in [5.74, 6) is 0. The van der Waals surface area contributed by atoms with E-state index >= 15 is 0 Å². The van der Waals surface area contributed by atoms with E-state index in [1.54, 1.807) is 0 Å². The van der Waals surface area contributed by atoms with Gasteiger partial charge in [0.15, 0.2) is 0 Å². The molecule has 0 radical (unpaired) electrons. The molecule has 2 atom stereocenters. The Kier molecular flexibility index (Phi) is 5.28. The fourth-order valence-electron chi connectivity index (χ4n) is 1.17. The van der Waals surface area contributed by atoms with Gasteiger partial charge in [-0.2, -0.15) is 0 Å². The summed E-state index contributed by atoms with van der Waals surface area (Å²) in [5.41, 5.74) is 12.0. The lowest BCUT2D eigenvalue weighted by Crippen LogP contribution is -2.43. The molecule has 0 unspecified atom stereocenters. The Morgan fingerprint density at radius 2 is 1.93 bits per heavy atom. The molecular weight excluding hydrogens is 192 g/mol. The second-order valence-electron chi connectivity index (χ2n) is 3.47. The largest absolute Gasteiger partial charge is 0.390 e. The Balaban J connectivity index is 2.22. The van der Waals surface area contributed by atoms with E-state index in [1.807, 2.05) is 30.3 Å². The van der Waals surface area contributed by atoms with Crippen LogP contribution in [0.2, 0.25) is 0 Å². The van der Waals surface area contributed by atoms with Crippen LogP contribution < -0.4 is 11.5 Å². The SMILES string of the molecule is NC[C@H](O)[C@H](N)COCc1ccccc1. The fourth-order valence-corrected chi connectivity index (χ4v) is 1.17. The summed E-state index contributed by atoms with van der Waals surface area (Å²) in [5, 5.41) is 9.29. The van der Waals surface area contributed by atoms with Gasteiger partial charge in [-0.15, -0.1) is 0 Å². The van der Waals surface area contributed by atoms with Crippen LogP contribution in [0.1, 0.15) is 5.56 Å². The van der Waals surface area contributed by atoms with E-state index in [1.165, 1.54) is 0 Å². The average molecular weight is 210 g/mol. The second kappa shape index (κ2) is 6.53. The molecule has 1 aromatic rings. The maximum absolute atomic E-state index is 9.29. The molecule has 0 aliphatic heterocycles. The Morgan fingerprint density at radius 1 is 1.27 bits per heavy atom. The van der Waals surface area contributed by atoms with Crippen LogP contribution in [0.4, 0.5) is 0 Å². The summed E-state index contributed by atoms with van der Waals surface area (Å²) in [4.78, 5) is 0. The minimum atomic E-state index is -0.694. The predicted molar refractivity (Wildman–Crippen MR) is 59.1 cm³/mol. The zero-order valence-corrected chi connectivity index (χ0v) is 8.67. The molecule has 4 nitrogen and oxygen atoms in total. The molecule has 5 N–H and O–H groups in total. The highest BCUT2D eigenvalue weighted by molar-refractivity contribution is 5.13. The molecule has 0 aliphatic carbocycles. The molecule has 1 aromatic carbocycles. The second-order valence-corrected chi connectivity index (χ2v) is 3.47. The third-order valence-electron chi connectivity index (χ3n) is 2.16. The molecule has 0 aromatic heterocycles. The molecule has 0 saturated heterocycles. The maximum atomic E-state index is 9.29. The highest BCUT2D eigenvalue weighted by Crippen LogP contribution is 2.01. The minimum Gasteiger partial charge on any atom is -0.390 e. The van der Waals surface area contributed by atoms with Gasteiger partial charge in [0.05, 0.1) is 25.4 Å². The van der Waals surface area contributed by atoms with Crippen molar-refractivity contribution >= 4 is 0 Å². The summed E-state index contributed by atoms with van der Waals surface area (Å²) >= 11 is 0. The van der Waals surface area contributed by atoms with Gasteiger partial charge >= 0.3 is 0 Å². The van der Waals surface area contributed by atoms with Crippen LogP contribution in [0.25, 0.3) is 0 Å². The molecule has 84 valence electrons. The Hall–Kier alpha value is -0.940. The number of nitrogens with two attached hydrogens (primary N) is 2. The van der Waals surface area contributed by atoms with Crippen molar-refractivity contribution in [1.82, 2.24) is 0 Å². The molecule has 1 rings (SSSR count). The number of rotatable bonds is 6. The number of aliphatic hydroxyl groups is 1.